The highest BCUT2D eigenvalue weighted by atomic mass is 35.5. The Bertz CT molecular complexity index is 525. The minimum atomic E-state index is 0.0328. The minimum absolute atomic E-state index is 0.0328. The second kappa shape index (κ2) is 4.11. The highest BCUT2D eigenvalue weighted by molar-refractivity contribution is 6.32. The van der Waals surface area contributed by atoms with Crippen LogP contribution >= 0.6 is 11.6 Å². The van der Waals surface area contributed by atoms with Crippen LogP contribution in [0, 0.1) is 6.92 Å². The van der Waals surface area contributed by atoms with E-state index in [1.807, 2.05) is 6.92 Å². The predicted molar refractivity (Wildman–Crippen MR) is 59.0 cm³/mol. The molecule has 6 heteroatoms. The highest BCUT2D eigenvalue weighted by Crippen LogP contribution is 2.31. The second-order valence-electron chi connectivity index (χ2n) is 3.33. The molecule has 0 atom stereocenters. The van der Waals surface area contributed by atoms with Gasteiger partial charge in [-0.2, -0.15) is 4.98 Å². The molecule has 16 heavy (non-hydrogen) atoms. The largest absolute Gasteiger partial charge is 0.506 e. The topological polar surface area (TPSA) is 85.2 Å². The van der Waals surface area contributed by atoms with Crippen LogP contribution in [0.5, 0.6) is 5.75 Å². The Hall–Kier alpha value is -1.59. The van der Waals surface area contributed by atoms with Gasteiger partial charge in [0, 0.05) is 5.56 Å². The van der Waals surface area contributed by atoms with Crippen molar-refractivity contribution in [2.24, 2.45) is 5.73 Å². The van der Waals surface area contributed by atoms with Crippen LogP contribution in [0.1, 0.15) is 11.5 Å². The lowest BCUT2D eigenvalue weighted by Gasteiger charge is -2.03. The molecule has 0 aliphatic rings. The Balaban J connectivity index is 2.51. The summed E-state index contributed by atoms with van der Waals surface area (Å²) in [4.78, 5) is 4.09. The van der Waals surface area contributed by atoms with Crippen LogP contribution in [0.15, 0.2) is 16.7 Å². The fourth-order valence-electron chi connectivity index (χ4n) is 1.35. The number of hydrogen-bond acceptors (Lipinski definition) is 5. The molecular formula is C10H10ClN3O2. The number of nitrogens with two attached hydrogens (primary N) is 1. The van der Waals surface area contributed by atoms with Crippen LogP contribution < -0.4 is 5.73 Å². The zero-order valence-corrected chi connectivity index (χ0v) is 9.32. The maximum atomic E-state index is 9.41. The first kappa shape index (κ1) is 10.9. The molecule has 0 unspecified atom stereocenters. The Labute approximate surface area is 96.8 Å². The van der Waals surface area contributed by atoms with E-state index in [0.717, 1.165) is 5.56 Å². The third-order valence-corrected chi connectivity index (χ3v) is 2.48. The van der Waals surface area contributed by atoms with Gasteiger partial charge in [-0.15, -0.1) is 0 Å². The van der Waals surface area contributed by atoms with E-state index < -0.39 is 0 Å². The van der Waals surface area contributed by atoms with E-state index in [9.17, 15) is 5.11 Å². The van der Waals surface area contributed by atoms with Gasteiger partial charge in [0.15, 0.2) is 0 Å². The van der Waals surface area contributed by atoms with Crippen molar-refractivity contribution < 1.29 is 9.63 Å². The number of phenols is 1. The maximum Gasteiger partial charge on any atom is 0.240 e. The number of phenolic OH excluding ortho intramolecular Hbond substituents is 1. The van der Waals surface area contributed by atoms with E-state index in [-0.39, 0.29) is 17.3 Å². The predicted octanol–water partition coefficient (Wildman–Crippen LogP) is 1.86. The molecule has 1 aromatic heterocycles. The summed E-state index contributed by atoms with van der Waals surface area (Å²) in [7, 11) is 0. The molecular weight excluding hydrogens is 230 g/mol. The van der Waals surface area contributed by atoms with Gasteiger partial charge in [0.2, 0.25) is 11.7 Å². The summed E-state index contributed by atoms with van der Waals surface area (Å²) in [6, 6.07) is 3.15. The molecule has 5 nitrogen and oxygen atoms in total. The Kier molecular flexibility index (Phi) is 2.80. The van der Waals surface area contributed by atoms with Crippen LogP contribution in [0.2, 0.25) is 5.02 Å². The molecule has 0 spiro atoms. The lowest BCUT2D eigenvalue weighted by atomic mass is 10.1. The van der Waals surface area contributed by atoms with Crippen molar-refractivity contribution in [3.8, 4) is 17.1 Å². The number of benzene rings is 1. The number of aromatic nitrogens is 2. The molecule has 2 rings (SSSR count). The van der Waals surface area contributed by atoms with Gasteiger partial charge in [0.05, 0.1) is 11.6 Å². The first-order valence-corrected chi connectivity index (χ1v) is 5.01. The number of halogens is 1. The molecule has 0 amide bonds. The van der Waals surface area contributed by atoms with Crippen LogP contribution in [0.3, 0.4) is 0 Å². The molecule has 0 aliphatic heterocycles. The monoisotopic (exact) mass is 239 g/mol. The lowest BCUT2D eigenvalue weighted by molar-refractivity contribution is 0.380. The number of hydrogen-bond donors (Lipinski definition) is 2. The standard InChI is InChI=1S/C10H10ClN3O2/c1-5-2-8(15)7(11)3-6(5)10-13-9(4-12)16-14-10/h2-3,15H,4,12H2,1H3. The summed E-state index contributed by atoms with van der Waals surface area (Å²) in [6.45, 7) is 2.02. The molecule has 0 bridgehead atoms. The van der Waals surface area contributed by atoms with Crippen molar-refractivity contribution in [2.75, 3.05) is 0 Å². The van der Waals surface area contributed by atoms with Gasteiger partial charge in [0.25, 0.3) is 0 Å². The number of aryl methyl sites for hydroxylation is 1. The SMILES string of the molecule is Cc1cc(O)c(Cl)cc1-c1noc(CN)n1. The molecule has 0 aliphatic carbocycles. The smallest absolute Gasteiger partial charge is 0.240 e. The molecule has 0 fully saturated rings. The zero-order chi connectivity index (χ0) is 11.7. The normalized spacial score (nSPS) is 10.7. The van der Waals surface area contributed by atoms with Crippen LogP contribution in [0.4, 0.5) is 0 Å². The zero-order valence-electron chi connectivity index (χ0n) is 8.57. The highest BCUT2D eigenvalue weighted by Gasteiger charge is 2.12. The van der Waals surface area contributed by atoms with Crippen molar-refractivity contribution in [1.82, 2.24) is 10.1 Å². The summed E-state index contributed by atoms with van der Waals surface area (Å²) in [5.41, 5.74) is 6.90. The van der Waals surface area contributed by atoms with Crippen molar-refractivity contribution >= 4 is 11.6 Å². The Morgan fingerprint density at radius 1 is 1.50 bits per heavy atom. The Morgan fingerprint density at radius 2 is 2.25 bits per heavy atom. The summed E-state index contributed by atoms with van der Waals surface area (Å²) in [6.07, 6.45) is 0. The van der Waals surface area contributed by atoms with Crippen molar-refractivity contribution in [2.45, 2.75) is 13.5 Å². The third-order valence-electron chi connectivity index (χ3n) is 2.18. The average molecular weight is 240 g/mol. The molecule has 0 saturated carbocycles. The molecule has 1 heterocycles. The van der Waals surface area contributed by atoms with E-state index in [1.165, 1.54) is 0 Å². The van der Waals surface area contributed by atoms with E-state index >= 15 is 0 Å². The fraction of sp³-hybridized carbons (Fsp3) is 0.200. The quantitative estimate of drug-likeness (QED) is 0.836. The molecule has 0 radical (unpaired) electrons. The molecule has 3 N–H and O–H groups in total. The van der Waals surface area contributed by atoms with Crippen molar-refractivity contribution in [3.05, 3.63) is 28.6 Å². The van der Waals surface area contributed by atoms with E-state index in [0.29, 0.717) is 17.3 Å². The van der Waals surface area contributed by atoms with Crippen LogP contribution in [0.25, 0.3) is 11.4 Å². The van der Waals surface area contributed by atoms with Crippen molar-refractivity contribution in [3.63, 3.8) is 0 Å². The van der Waals surface area contributed by atoms with E-state index in [2.05, 4.69) is 10.1 Å². The molecule has 0 saturated heterocycles. The minimum Gasteiger partial charge on any atom is -0.506 e. The lowest BCUT2D eigenvalue weighted by Crippen LogP contribution is -1.95. The van der Waals surface area contributed by atoms with Gasteiger partial charge >= 0.3 is 0 Å². The molecule has 84 valence electrons. The van der Waals surface area contributed by atoms with Gasteiger partial charge in [-0.3, -0.25) is 0 Å². The number of aromatic hydroxyl groups is 1. The Morgan fingerprint density at radius 3 is 2.88 bits per heavy atom. The van der Waals surface area contributed by atoms with Gasteiger partial charge in [-0.1, -0.05) is 16.8 Å². The second-order valence-corrected chi connectivity index (χ2v) is 3.74. The van der Waals surface area contributed by atoms with Gasteiger partial charge in [-0.05, 0) is 24.6 Å². The van der Waals surface area contributed by atoms with Crippen molar-refractivity contribution in [1.29, 1.82) is 0 Å². The van der Waals surface area contributed by atoms with E-state index in [1.54, 1.807) is 12.1 Å². The van der Waals surface area contributed by atoms with Gasteiger partial charge < -0.3 is 15.4 Å². The summed E-state index contributed by atoms with van der Waals surface area (Å²) in [5, 5.41) is 13.4. The van der Waals surface area contributed by atoms with E-state index in [4.69, 9.17) is 21.9 Å². The average Bonchev–Trinajstić information content (AvgIpc) is 2.71. The summed E-state index contributed by atoms with van der Waals surface area (Å²) in [5.74, 6) is 0.809. The summed E-state index contributed by atoms with van der Waals surface area (Å²) >= 11 is 5.82. The first-order valence-electron chi connectivity index (χ1n) is 4.64. The van der Waals surface area contributed by atoms with Gasteiger partial charge in [-0.25, -0.2) is 0 Å². The molecule has 1 aromatic carbocycles. The van der Waals surface area contributed by atoms with Crippen LogP contribution in [-0.2, 0) is 6.54 Å². The number of rotatable bonds is 2. The summed E-state index contributed by atoms with van der Waals surface area (Å²) < 4.78 is 4.90. The number of nitrogens with zero attached hydrogens (tertiary/aromatic N) is 2. The van der Waals surface area contributed by atoms with Gasteiger partial charge in [0.1, 0.15) is 5.75 Å². The third kappa shape index (κ3) is 1.87. The fourth-order valence-corrected chi connectivity index (χ4v) is 1.52. The molecule has 2 aromatic rings. The maximum absolute atomic E-state index is 9.41. The first-order chi connectivity index (χ1) is 7.61. The van der Waals surface area contributed by atoms with Crippen LogP contribution in [-0.4, -0.2) is 15.2 Å².